The van der Waals surface area contributed by atoms with Crippen molar-refractivity contribution < 1.29 is 9.90 Å². The summed E-state index contributed by atoms with van der Waals surface area (Å²) in [6, 6.07) is 0. The molecule has 0 unspecified atom stereocenters. The van der Waals surface area contributed by atoms with E-state index in [4.69, 9.17) is 5.11 Å². The molecule has 1 rings (SSSR count). The lowest BCUT2D eigenvalue weighted by Gasteiger charge is -1.95. The lowest BCUT2D eigenvalue weighted by atomic mass is 10.1. The molecule has 4 heteroatoms. The Morgan fingerprint density at radius 3 is 2.83 bits per heavy atom. The second-order valence-electron chi connectivity index (χ2n) is 2.57. The number of hydrogen-bond acceptors (Lipinski definition) is 2. The minimum absolute atomic E-state index is 0.703. The summed E-state index contributed by atoms with van der Waals surface area (Å²) in [4.78, 5) is 10.3. The van der Waals surface area contributed by atoms with E-state index in [1.807, 2.05) is 6.92 Å². The van der Waals surface area contributed by atoms with Crippen LogP contribution in [0.2, 0.25) is 0 Å². The van der Waals surface area contributed by atoms with Crippen LogP contribution in [0.5, 0.6) is 0 Å². The maximum Gasteiger partial charge on any atom is 0.328 e. The van der Waals surface area contributed by atoms with E-state index in [2.05, 4.69) is 10.2 Å². The van der Waals surface area contributed by atoms with Crippen molar-refractivity contribution in [1.29, 1.82) is 0 Å². The van der Waals surface area contributed by atoms with Crippen LogP contribution >= 0.6 is 0 Å². The Morgan fingerprint density at radius 2 is 2.42 bits per heavy atom. The van der Waals surface area contributed by atoms with Gasteiger partial charge in [-0.05, 0) is 19.4 Å². The first-order chi connectivity index (χ1) is 5.61. The minimum Gasteiger partial charge on any atom is -0.478 e. The molecule has 1 aromatic heterocycles. The van der Waals surface area contributed by atoms with Crippen molar-refractivity contribution in [3.8, 4) is 0 Å². The Kier molecular flexibility index (Phi) is 2.28. The summed E-state index contributed by atoms with van der Waals surface area (Å²) < 4.78 is 0. The van der Waals surface area contributed by atoms with Crippen molar-refractivity contribution in [3.05, 3.63) is 23.5 Å². The van der Waals surface area contributed by atoms with E-state index >= 15 is 0 Å². The number of aryl methyl sites for hydroxylation is 1. The first-order valence-corrected chi connectivity index (χ1v) is 3.53. The molecule has 0 aliphatic rings. The van der Waals surface area contributed by atoms with E-state index in [0.29, 0.717) is 5.57 Å². The topological polar surface area (TPSA) is 66.0 Å². The molecule has 0 atom stereocenters. The molecule has 0 radical (unpaired) electrons. The van der Waals surface area contributed by atoms with Gasteiger partial charge in [0.05, 0.1) is 6.20 Å². The van der Waals surface area contributed by atoms with Crippen LogP contribution in [0.1, 0.15) is 18.2 Å². The third-order valence-electron chi connectivity index (χ3n) is 1.59. The van der Waals surface area contributed by atoms with E-state index < -0.39 is 5.97 Å². The van der Waals surface area contributed by atoms with E-state index in [1.165, 1.54) is 0 Å². The van der Waals surface area contributed by atoms with Crippen LogP contribution in [-0.4, -0.2) is 21.3 Å². The van der Waals surface area contributed by atoms with Crippen molar-refractivity contribution in [2.24, 2.45) is 0 Å². The van der Waals surface area contributed by atoms with Crippen LogP contribution in [0.15, 0.2) is 12.3 Å². The average Bonchev–Trinajstić information content (AvgIpc) is 2.33. The highest BCUT2D eigenvalue weighted by Crippen LogP contribution is 2.14. The fourth-order valence-electron chi connectivity index (χ4n) is 1.01. The largest absolute Gasteiger partial charge is 0.478 e. The van der Waals surface area contributed by atoms with Crippen LogP contribution in [-0.2, 0) is 4.79 Å². The molecular formula is C8H10N2O2. The van der Waals surface area contributed by atoms with Crippen molar-refractivity contribution in [1.82, 2.24) is 10.2 Å². The van der Waals surface area contributed by atoms with Gasteiger partial charge < -0.3 is 5.11 Å². The number of H-pyrrole nitrogens is 1. The SMILES string of the molecule is C/C(=C\C(=O)O)c1cn[nH]c1C. The van der Waals surface area contributed by atoms with Gasteiger partial charge in [0, 0.05) is 17.3 Å². The molecule has 0 aromatic carbocycles. The standard InChI is InChI=1S/C8H10N2O2/c1-5(3-8(11)12)7-4-9-10-6(7)2/h3-4H,1-2H3,(H,9,10)(H,11,12)/b5-3+. The van der Waals surface area contributed by atoms with Gasteiger partial charge in [0.15, 0.2) is 0 Å². The first-order valence-electron chi connectivity index (χ1n) is 3.53. The highest BCUT2D eigenvalue weighted by molar-refractivity contribution is 5.89. The number of nitrogens with one attached hydrogen (secondary N) is 1. The van der Waals surface area contributed by atoms with E-state index in [-0.39, 0.29) is 0 Å². The Labute approximate surface area is 69.9 Å². The van der Waals surface area contributed by atoms with Gasteiger partial charge in [-0.1, -0.05) is 0 Å². The molecule has 0 saturated heterocycles. The molecule has 0 fully saturated rings. The molecule has 0 spiro atoms. The summed E-state index contributed by atoms with van der Waals surface area (Å²) in [6.07, 6.45) is 2.78. The van der Waals surface area contributed by atoms with Crippen LogP contribution in [0.25, 0.3) is 5.57 Å². The first kappa shape index (κ1) is 8.52. The summed E-state index contributed by atoms with van der Waals surface area (Å²) in [7, 11) is 0. The van der Waals surface area contributed by atoms with Crippen LogP contribution in [0.3, 0.4) is 0 Å². The van der Waals surface area contributed by atoms with Gasteiger partial charge in [-0.15, -0.1) is 0 Å². The summed E-state index contributed by atoms with van der Waals surface area (Å²) in [5.41, 5.74) is 2.43. The second kappa shape index (κ2) is 3.21. The number of rotatable bonds is 2. The predicted molar refractivity (Wildman–Crippen MR) is 44.6 cm³/mol. The molecule has 0 aliphatic carbocycles. The molecule has 64 valence electrons. The monoisotopic (exact) mass is 166 g/mol. The van der Waals surface area contributed by atoms with E-state index in [9.17, 15) is 4.79 Å². The maximum absolute atomic E-state index is 10.3. The molecule has 2 N–H and O–H groups in total. The van der Waals surface area contributed by atoms with E-state index in [1.54, 1.807) is 13.1 Å². The number of allylic oxidation sites excluding steroid dienone is 1. The lowest BCUT2D eigenvalue weighted by molar-refractivity contribution is -0.131. The third-order valence-corrected chi connectivity index (χ3v) is 1.59. The van der Waals surface area contributed by atoms with Crippen molar-refractivity contribution in [3.63, 3.8) is 0 Å². The lowest BCUT2D eigenvalue weighted by Crippen LogP contribution is -1.90. The maximum atomic E-state index is 10.3. The molecule has 1 heterocycles. The zero-order valence-electron chi connectivity index (χ0n) is 6.96. The zero-order valence-corrected chi connectivity index (χ0v) is 6.96. The Hall–Kier alpha value is -1.58. The Morgan fingerprint density at radius 1 is 1.75 bits per heavy atom. The molecule has 0 bridgehead atoms. The second-order valence-corrected chi connectivity index (χ2v) is 2.57. The minimum atomic E-state index is -0.937. The van der Waals surface area contributed by atoms with Gasteiger partial charge in [-0.25, -0.2) is 4.79 Å². The van der Waals surface area contributed by atoms with Crippen molar-refractivity contribution in [2.45, 2.75) is 13.8 Å². The van der Waals surface area contributed by atoms with Gasteiger partial charge in [0.25, 0.3) is 0 Å². The summed E-state index contributed by atoms with van der Waals surface area (Å²) >= 11 is 0. The predicted octanol–water partition coefficient (Wildman–Crippen LogP) is 1.21. The number of hydrogen-bond donors (Lipinski definition) is 2. The van der Waals surface area contributed by atoms with Gasteiger partial charge in [0.2, 0.25) is 0 Å². The van der Waals surface area contributed by atoms with Gasteiger partial charge in [0.1, 0.15) is 0 Å². The number of aromatic nitrogens is 2. The van der Waals surface area contributed by atoms with Crippen molar-refractivity contribution >= 4 is 11.5 Å². The quantitative estimate of drug-likeness (QED) is 0.649. The Balaban J connectivity index is 2.99. The van der Waals surface area contributed by atoms with Gasteiger partial charge in [-0.2, -0.15) is 5.10 Å². The molecular weight excluding hydrogens is 156 g/mol. The number of aliphatic carboxylic acids is 1. The fourth-order valence-corrected chi connectivity index (χ4v) is 1.01. The highest BCUT2D eigenvalue weighted by Gasteiger charge is 2.03. The van der Waals surface area contributed by atoms with E-state index in [0.717, 1.165) is 17.3 Å². The molecule has 4 nitrogen and oxygen atoms in total. The number of carbonyl (C=O) groups is 1. The third kappa shape index (κ3) is 1.72. The normalized spacial score (nSPS) is 11.7. The molecule has 1 aromatic rings. The number of carboxylic acid groups (broad SMARTS) is 1. The Bertz CT molecular complexity index is 326. The highest BCUT2D eigenvalue weighted by atomic mass is 16.4. The fraction of sp³-hybridized carbons (Fsp3) is 0.250. The molecule has 0 aliphatic heterocycles. The number of nitrogens with zero attached hydrogens (tertiary/aromatic N) is 1. The van der Waals surface area contributed by atoms with Crippen LogP contribution < -0.4 is 0 Å². The summed E-state index contributed by atoms with van der Waals surface area (Å²) in [5, 5.41) is 15.0. The molecule has 0 amide bonds. The summed E-state index contributed by atoms with van der Waals surface area (Å²) in [5.74, 6) is -0.937. The smallest absolute Gasteiger partial charge is 0.328 e. The number of aromatic amines is 1. The van der Waals surface area contributed by atoms with Gasteiger partial charge in [-0.3, -0.25) is 5.10 Å². The average molecular weight is 166 g/mol. The molecule has 0 saturated carbocycles. The summed E-state index contributed by atoms with van der Waals surface area (Å²) in [6.45, 7) is 3.59. The van der Waals surface area contributed by atoms with Crippen LogP contribution in [0, 0.1) is 6.92 Å². The zero-order chi connectivity index (χ0) is 9.14. The van der Waals surface area contributed by atoms with Crippen molar-refractivity contribution in [2.75, 3.05) is 0 Å². The van der Waals surface area contributed by atoms with Crippen LogP contribution in [0.4, 0.5) is 0 Å². The van der Waals surface area contributed by atoms with Gasteiger partial charge >= 0.3 is 5.97 Å². The molecule has 12 heavy (non-hydrogen) atoms. The number of carboxylic acids is 1.